The first-order valence-corrected chi connectivity index (χ1v) is 6.51. The van der Waals surface area contributed by atoms with Crippen molar-refractivity contribution in [3.63, 3.8) is 0 Å². The van der Waals surface area contributed by atoms with Crippen LogP contribution in [0.2, 0.25) is 0 Å². The summed E-state index contributed by atoms with van der Waals surface area (Å²) in [4.78, 5) is 11.6. The van der Waals surface area contributed by atoms with Gasteiger partial charge in [-0.05, 0) is 25.5 Å². The predicted octanol–water partition coefficient (Wildman–Crippen LogP) is 1.02. The average molecular weight is 264 g/mol. The monoisotopic (exact) mass is 264 g/mol. The van der Waals surface area contributed by atoms with Gasteiger partial charge in [0.2, 0.25) is 0 Å². The van der Waals surface area contributed by atoms with Gasteiger partial charge in [0.1, 0.15) is 6.61 Å². The lowest BCUT2D eigenvalue weighted by Crippen LogP contribution is -2.35. The van der Waals surface area contributed by atoms with Crippen LogP contribution in [0.4, 0.5) is 4.79 Å². The van der Waals surface area contributed by atoms with Gasteiger partial charge in [0.15, 0.2) is 0 Å². The number of likely N-dealkylation sites (N-methyl/N-ethyl adjacent to an activating group) is 1. The zero-order valence-corrected chi connectivity index (χ0v) is 11.0. The fraction of sp³-hybridized carbons (Fsp3) is 0.500. The van der Waals surface area contributed by atoms with Crippen molar-refractivity contribution in [2.24, 2.45) is 0 Å². The number of hydrogen-bond donors (Lipinski definition) is 3. The number of benzene rings is 1. The molecule has 1 aromatic carbocycles. The number of ether oxygens (including phenoxy) is 1. The minimum absolute atomic E-state index is 0.0317. The molecule has 2 rings (SSSR count). The van der Waals surface area contributed by atoms with Gasteiger partial charge >= 0.3 is 6.09 Å². The summed E-state index contributed by atoms with van der Waals surface area (Å²) in [6.07, 6.45) is 0.437. The summed E-state index contributed by atoms with van der Waals surface area (Å²) in [5.74, 6) is 0. The first kappa shape index (κ1) is 13.8. The van der Waals surface area contributed by atoms with Crippen LogP contribution in [-0.4, -0.2) is 36.4 Å². The van der Waals surface area contributed by atoms with Gasteiger partial charge in [-0.25, -0.2) is 4.79 Å². The van der Waals surface area contributed by atoms with Crippen molar-refractivity contribution < 1.29 is 14.6 Å². The second-order valence-electron chi connectivity index (χ2n) is 4.84. The molecule has 104 valence electrons. The van der Waals surface area contributed by atoms with Crippen LogP contribution < -0.4 is 10.6 Å². The summed E-state index contributed by atoms with van der Waals surface area (Å²) in [6.45, 7) is 0.261. The van der Waals surface area contributed by atoms with Crippen molar-refractivity contribution in [3.8, 4) is 0 Å². The van der Waals surface area contributed by atoms with Gasteiger partial charge in [-0.1, -0.05) is 30.3 Å². The minimum Gasteiger partial charge on any atom is -0.445 e. The van der Waals surface area contributed by atoms with Crippen LogP contribution in [0.5, 0.6) is 0 Å². The SMILES string of the molecule is CN[C@H]1C[C@@H](NC(=O)OCc2ccccc2)C[C@@H]1O. The molecule has 0 aliphatic heterocycles. The van der Waals surface area contributed by atoms with Crippen LogP contribution >= 0.6 is 0 Å². The number of aliphatic hydroxyl groups excluding tert-OH is 1. The van der Waals surface area contributed by atoms with Gasteiger partial charge in [0, 0.05) is 12.1 Å². The van der Waals surface area contributed by atoms with Gasteiger partial charge in [0.25, 0.3) is 0 Å². The van der Waals surface area contributed by atoms with E-state index in [1.165, 1.54) is 0 Å². The molecule has 1 aliphatic rings. The summed E-state index contributed by atoms with van der Waals surface area (Å²) >= 11 is 0. The Morgan fingerprint density at radius 2 is 2.11 bits per heavy atom. The number of carbonyl (C=O) groups is 1. The van der Waals surface area contributed by atoms with Crippen LogP contribution in [0, 0.1) is 0 Å². The van der Waals surface area contributed by atoms with Gasteiger partial charge in [-0.2, -0.15) is 0 Å². The van der Waals surface area contributed by atoms with E-state index in [9.17, 15) is 9.90 Å². The Balaban J connectivity index is 1.73. The molecule has 3 atom stereocenters. The van der Waals surface area contributed by atoms with E-state index in [4.69, 9.17) is 4.74 Å². The van der Waals surface area contributed by atoms with E-state index in [0.29, 0.717) is 6.42 Å². The Hall–Kier alpha value is -1.59. The molecule has 5 nitrogen and oxygen atoms in total. The van der Waals surface area contributed by atoms with Gasteiger partial charge in [-0.3, -0.25) is 0 Å². The number of nitrogens with one attached hydrogen (secondary N) is 2. The fourth-order valence-corrected chi connectivity index (χ4v) is 2.38. The molecule has 0 radical (unpaired) electrons. The lowest BCUT2D eigenvalue weighted by atomic mass is 10.2. The quantitative estimate of drug-likeness (QED) is 0.759. The van der Waals surface area contributed by atoms with Crippen molar-refractivity contribution in [2.45, 2.75) is 37.6 Å². The summed E-state index contributed by atoms with van der Waals surface area (Å²) < 4.78 is 5.14. The number of rotatable bonds is 4. The van der Waals surface area contributed by atoms with E-state index >= 15 is 0 Å². The lowest BCUT2D eigenvalue weighted by Gasteiger charge is -2.13. The number of hydrogen-bond acceptors (Lipinski definition) is 4. The molecule has 0 aromatic heterocycles. The summed E-state index contributed by atoms with van der Waals surface area (Å²) in [7, 11) is 1.81. The van der Waals surface area contributed by atoms with Crippen LogP contribution in [0.25, 0.3) is 0 Å². The number of carbonyl (C=O) groups excluding carboxylic acids is 1. The molecular formula is C14H20N2O3. The maximum absolute atomic E-state index is 11.6. The van der Waals surface area contributed by atoms with E-state index in [2.05, 4.69) is 10.6 Å². The van der Waals surface area contributed by atoms with E-state index in [1.807, 2.05) is 37.4 Å². The molecule has 3 N–H and O–H groups in total. The first-order chi connectivity index (χ1) is 9.19. The predicted molar refractivity (Wildman–Crippen MR) is 71.6 cm³/mol. The van der Waals surface area contributed by atoms with E-state index in [0.717, 1.165) is 12.0 Å². The van der Waals surface area contributed by atoms with Crippen LogP contribution in [-0.2, 0) is 11.3 Å². The molecular weight excluding hydrogens is 244 g/mol. The Labute approximate surface area is 113 Å². The summed E-state index contributed by atoms with van der Waals surface area (Å²) in [6, 6.07) is 9.55. The highest BCUT2D eigenvalue weighted by Gasteiger charge is 2.32. The minimum atomic E-state index is -0.433. The molecule has 1 aliphatic carbocycles. The van der Waals surface area contributed by atoms with Crippen LogP contribution in [0.1, 0.15) is 18.4 Å². The smallest absolute Gasteiger partial charge is 0.407 e. The number of alkyl carbamates (subject to hydrolysis) is 1. The number of amides is 1. The third kappa shape index (κ3) is 3.94. The van der Waals surface area contributed by atoms with Crippen molar-refractivity contribution in [1.82, 2.24) is 10.6 Å². The second-order valence-corrected chi connectivity index (χ2v) is 4.84. The summed E-state index contributed by atoms with van der Waals surface area (Å²) in [5, 5.41) is 15.5. The molecule has 0 unspecified atom stereocenters. The molecule has 1 fully saturated rings. The molecule has 1 aromatic rings. The van der Waals surface area contributed by atoms with Crippen molar-refractivity contribution in [2.75, 3.05) is 7.05 Å². The molecule has 19 heavy (non-hydrogen) atoms. The van der Waals surface area contributed by atoms with E-state index in [1.54, 1.807) is 0 Å². The second kappa shape index (κ2) is 6.54. The molecule has 0 saturated heterocycles. The Bertz CT molecular complexity index is 410. The molecule has 0 heterocycles. The highest BCUT2D eigenvalue weighted by atomic mass is 16.5. The zero-order chi connectivity index (χ0) is 13.7. The third-order valence-electron chi connectivity index (χ3n) is 3.43. The van der Waals surface area contributed by atoms with Gasteiger partial charge in [0.05, 0.1) is 6.10 Å². The van der Waals surface area contributed by atoms with Crippen LogP contribution in [0.15, 0.2) is 30.3 Å². The van der Waals surface area contributed by atoms with E-state index in [-0.39, 0.29) is 18.7 Å². The van der Waals surface area contributed by atoms with Crippen molar-refractivity contribution in [3.05, 3.63) is 35.9 Å². The van der Waals surface area contributed by atoms with Crippen LogP contribution in [0.3, 0.4) is 0 Å². The molecule has 1 amide bonds. The Kier molecular flexibility index (Phi) is 4.76. The maximum Gasteiger partial charge on any atom is 0.407 e. The van der Waals surface area contributed by atoms with Crippen molar-refractivity contribution in [1.29, 1.82) is 0 Å². The first-order valence-electron chi connectivity index (χ1n) is 6.51. The highest BCUT2D eigenvalue weighted by Crippen LogP contribution is 2.19. The average Bonchev–Trinajstić information content (AvgIpc) is 2.77. The molecule has 0 bridgehead atoms. The molecule has 5 heteroatoms. The van der Waals surface area contributed by atoms with E-state index < -0.39 is 12.2 Å². The normalized spacial score (nSPS) is 26.1. The number of aliphatic hydroxyl groups is 1. The van der Waals surface area contributed by atoms with Gasteiger partial charge < -0.3 is 20.5 Å². The fourth-order valence-electron chi connectivity index (χ4n) is 2.38. The Morgan fingerprint density at radius 3 is 2.74 bits per heavy atom. The molecule has 0 spiro atoms. The zero-order valence-electron chi connectivity index (χ0n) is 11.0. The standard InChI is InChI=1S/C14H20N2O3/c1-15-12-7-11(8-13(12)17)16-14(18)19-9-10-5-3-2-4-6-10/h2-6,11-13,15,17H,7-9H2,1H3,(H,16,18)/t11-,12+,13+/m1/s1. The topological polar surface area (TPSA) is 70.6 Å². The largest absolute Gasteiger partial charge is 0.445 e. The Morgan fingerprint density at radius 1 is 1.37 bits per heavy atom. The third-order valence-corrected chi connectivity index (χ3v) is 3.43. The maximum atomic E-state index is 11.6. The molecule has 1 saturated carbocycles. The lowest BCUT2D eigenvalue weighted by molar-refractivity contribution is 0.133. The highest BCUT2D eigenvalue weighted by molar-refractivity contribution is 5.67. The van der Waals surface area contributed by atoms with Crippen molar-refractivity contribution >= 4 is 6.09 Å². The summed E-state index contributed by atoms with van der Waals surface area (Å²) in [5.41, 5.74) is 0.956. The van der Waals surface area contributed by atoms with Gasteiger partial charge in [-0.15, -0.1) is 0 Å².